The number of carbonyl (C=O) groups is 2. The smallest absolute Gasteiger partial charge is 0.292 e. The largest absolute Gasteiger partial charge is 0.340 e. The van der Waals surface area contributed by atoms with Crippen molar-refractivity contribution in [1.29, 1.82) is 0 Å². The average molecular weight is 378 g/mol. The lowest BCUT2D eigenvalue weighted by molar-refractivity contribution is 0.0790. The van der Waals surface area contributed by atoms with Gasteiger partial charge in [0.25, 0.3) is 11.8 Å². The van der Waals surface area contributed by atoms with Gasteiger partial charge in [-0.1, -0.05) is 37.6 Å². The minimum atomic E-state index is -0.339. The molecule has 6 nitrogen and oxygen atoms in total. The van der Waals surface area contributed by atoms with E-state index < -0.39 is 0 Å². The van der Waals surface area contributed by atoms with Crippen LogP contribution in [-0.4, -0.2) is 39.7 Å². The van der Waals surface area contributed by atoms with E-state index in [9.17, 15) is 9.59 Å². The second kappa shape index (κ2) is 8.25. The van der Waals surface area contributed by atoms with Crippen molar-refractivity contribution in [2.45, 2.75) is 33.6 Å². The molecule has 1 aromatic carbocycles. The first-order valence-corrected chi connectivity index (χ1v) is 9.54. The number of aryl methyl sites for hydroxylation is 2. The van der Waals surface area contributed by atoms with Crippen LogP contribution in [0.25, 0.3) is 5.52 Å². The summed E-state index contributed by atoms with van der Waals surface area (Å²) in [6, 6.07) is 11.3. The first kappa shape index (κ1) is 19.6. The van der Waals surface area contributed by atoms with E-state index in [1.807, 2.05) is 50.2 Å². The van der Waals surface area contributed by atoms with Gasteiger partial charge in [0.15, 0.2) is 5.69 Å². The van der Waals surface area contributed by atoms with Gasteiger partial charge >= 0.3 is 0 Å². The van der Waals surface area contributed by atoms with E-state index in [2.05, 4.69) is 17.2 Å². The molecular weight excluding hydrogens is 352 g/mol. The van der Waals surface area contributed by atoms with Crippen LogP contribution in [0, 0.1) is 13.8 Å². The van der Waals surface area contributed by atoms with Gasteiger partial charge in [0, 0.05) is 25.5 Å². The molecule has 28 heavy (non-hydrogen) atoms. The van der Waals surface area contributed by atoms with Crippen molar-refractivity contribution < 1.29 is 9.59 Å². The first-order valence-electron chi connectivity index (χ1n) is 9.54. The maximum Gasteiger partial charge on any atom is 0.292 e. The molecule has 0 saturated heterocycles. The second-order valence-electron chi connectivity index (χ2n) is 7.04. The molecule has 2 amide bonds. The highest BCUT2D eigenvalue weighted by atomic mass is 16.2. The third kappa shape index (κ3) is 3.76. The fraction of sp³-hybridized carbons (Fsp3) is 0.318. The third-order valence-corrected chi connectivity index (χ3v) is 4.87. The van der Waals surface area contributed by atoms with Gasteiger partial charge in [-0.05, 0) is 43.5 Å². The van der Waals surface area contributed by atoms with E-state index in [0.717, 1.165) is 29.7 Å². The second-order valence-corrected chi connectivity index (χ2v) is 7.04. The van der Waals surface area contributed by atoms with Crippen molar-refractivity contribution in [3.05, 3.63) is 65.2 Å². The molecule has 0 spiro atoms. The lowest BCUT2D eigenvalue weighted by atomic mass is 10.1. The molecule has 0 aliphatic rings. The molecule has 0 aliphatic carbocycles. The number of fused-ring (bicyclic) bond motifs is 1. The molecule has 0 aliphatic heterocycles. The Kier molecular flexibility index (Phi) is 5.78. The van der Waals surface area contributed by atoms with Crippen molar-refractivity contribution in [3.63, 3.8) is 0 Å². The maximum absolute atomic E-state index is 13.0. The van der Waals surface area contributed by atoms with Crippen LogP contribution >= 0.6 is 0 Å². The Hall–Kier alpha value is -3.15. The topological polar surface area (TPSA) is 66.7 Å². The van der Waals surface area contributed by atoms with Crippen LogP contribution in [0.1, 0.15) is 52.0 Å². The van der Waals surface area contributed by atoms with Crippen LogP contribution in [0.15, 0.2) is 42.6 Å². The first-order chi connectivity index (χ1) is 13.4. The molecule has 2 heterocycles. The quantitative estimate of drug-likeness (QED) is 0.703. The van der Waals surface area contributed by atoms with Crippen molar-refractivity contribution in [2.75, 3.05) is 18.9 Å². The summed E-state index contributed by atoms with van der Waals surface area (Å²) in [5, 5.41) is 2.96. The summed E-state index contributed by atoms with van der Waals surface area (Å²) in [6.07, 6.45) is 3.68. The van der Waals surface area contributed by atoms with E-state index >= 15 is 0 Å². The van der Waals surface area contributed by atoms with E-state index in [0.29, 0.717) is 17.8 Å². The highest BCUT2D eigenvalue weighted by Gasteiger charge is 2.24. The molecule has 0 unspecified atom stereocenters. The van der Waals surface area contributed by atoms with Gasteiger partial charge in [0.1, 0.15) is 0 Å². The molecule has 6 heteroatoms. The van der Waals surface area contributed by atoms with Crippen LogP contribution < -0.4 is 5.32 Å². The Morgan fingerprint density at radius 3 is 2.50 bits per heavy atom. The molecule has 0 bridgehead atoms. The summed E-state index contributed by atoms with van der Waals surface area (Å²) in [5.41, 5.74) is 3.65. The van der Waals surface area contributed by atoms with Gasteiger partial charge in [-0.25, -0.2) is 4.98 Å². The molecule has 3 rings (SSSR count). The number of unbranched alkanes of at least 4 members (excludes halogenated alkanes) is 1. The van der Waals surface area contributed by atoms with Crippen molar-refractivity contribution in [2.24, 2.45) is 0 Å². The lowest BCUT2D eigenvalue weighted by Crippen LogP contribution is -2.28. The summed E-state index contributed by atoms with van der Waals surface area (Å²) >= 11 is 0. The van der Waals surface area contributed by atoms with Gasteiger partial charge in [-0.3, -0.25) is 14.0 Å². The summed E-state index contributed by atoms with van der Waals surface area (Å²) in [5.74, 6) is -0.317. The van der Waals surface area contributed by atoms with E-state index in [1.54, 1.807) is 22.5 Å². The maximum atomic E-state index is 13.0. The van der Waals surface area contributed by atoms with Gasteiger partial charge in [0.05, 0.1) is 5.52 Å². The van der Waals surface area contributed by atoms with Crippen molar-refractivity contribution in [3.8, 4) is 0 Å². The molecule has 146 valence electrons. The molecule has 3 aromatic rings. The Morgan fingerprint density at radius 1 is 1.11 bits per heavy atom. The number of hydrogen-bond acceptors (Lipinski definition) is 3. The van der Waals surface area contributed by atoms with Gasteiger partial charge in [-0.2, -0.15) is 0 Å². The zero-order valence-electron chi connectivity index (χ0n) is 16.8. The number of rotatable bonds is 6. The van der Waals surface area contributed by atoms with Crippen molar-refractivity contribution >= 4 is 23.0 Å². The average Bonchev–Trinajstić information content (AvgIpc) is 3.08. The predicted octanol–water partition coefficient (Wildman–Crippen LogP) is 4.08. The molecule has 0 atom stereocenters. The molecule has 0 saturated carbocycles. The Bertz CT molecular complexity index is 1000. The molecule has 0 radical (unpaired) electrons. The highest BCUT2D eigenvalue weighted by Crippen LogP contribution is 2.21. The Labute approximate surface area is 165 Å². The number of aromatic nitrogens is 2. The van der Waals surface area contributed by atoms with Crippen LogP contribution in [0.5, 0.6) is 0 Å². The Morgan fingerprint density at radius 2 is 1.82 bits per heavy atom. The summed E-state index contributed by atoms with van der Waals surface area (Å²) in [6.45, 7) is 6.64. The summed E-state index contributed by atoms with van der Waals surface area (Å²) < 4.78 is 1.67. The fourth-order valence-electron chi connectivity index (χ4n) is 3.21. The monoisotopic (exact) mass is 378 g/mol. The fourth-order valence-corrected chi connectivity index (χ4v) is 3.21. The van der Waals surface area contributed by atoms with E-state index in [-0.39, 0.29) is 17.6 Å². The van der Waals surface area contributed by atoms with E-state index in [4.69, 9.17) is 0 Å². The zero-order chi connectivity index (χ0) is 20.3. The van der Waals surface area contributed by atoms with Gasteiger partial charge < -0.3 is 10.2 Å². The predicted molar refractivity (Wildman–Crippen MR) is 111 cm³/mol. The number of carbonyl (C=O) groups excluding carboxylic acids is 2. The molecule has 1 N–H and O–H groups in total. The van der Waals surface area contributed by atoms with E-state index in [1.165, 1.54) is 0 Å². The van der Waals surface area contributed by atoms with Crippen LogP contribution in [0.3, 0.4) is 0 Å². The molecule has 2 aromatic heterocycles. The minimum Gasteiger partial charge on any atom is -0.340 e. The number of nitrogens with one attached hydrogen (secondary N) is 1. The Balaban J connectivity index is 1.98. The standard InChI is InChI=1S/C22H26N4O2/c1-5-6-13-25(4)22(28)19-17-12-7-8-14-26(17)20(23-19)21(27)24-18-15(2)10-9-11-16(18)3/h7-12,14H,5-6,13H2,1-4H3,(H,24,27). The number of hydrogen-bond donors (Lipinski definition) is 1. The highest BCUT2D eigenvalue weighted by molar-refractivity contribution is 6.06. The number of amides is 2. The number of para-hydroxylation sites is 1. The minimum absolute atomic E-state index is 0.178. The molecular formula is C22H26N4O2. The van der Waals surface area contributed by atoms with Gasteiger partial charge in [-0.15, -0.1) is 0 Å². The van der Waals surface area contributed by atoms with Gasteiger partial charge in [0.2, 0.25) is 5.82 Å². The SMILES string of the molecule is CCCCN(C)C(=O)c1nc(C(=O)Nc2c(C)cccc2C)n2ccccc12. The third-order valence-electron chi connectivity index (χ3n) is 4.87. The molecule has 0 fully saturated rings. The number of benzene rings is 1. The summed E-state index contributed by atoms with van der Waals surface area (Å²) in [7, 11) is 1.77. The number of pyridine rings is 1. The van der Waals surface area contributed by atoms with Crippen LogP contribution in [0.2, 0.25) is 0 Å². The van der Waals surface area contributed by atoms with Crippen molar-refractivity contribution in [1.82, 2.24) is 14.3 Å². The number of anilines is 1. The number of nitrogens with zero attached hydrogens (tertiary/aromatic N) is 3. The normalized spacial score (nSPS) is 10.9. The zero-order valence-corrected chi connectivity index (χ0v) is 16.8. The lowest BCUT2D eigenvalue weighted by Gasteiger charge is -2.15. The van der Waals surface area contributed by atoms with Crippen LogP contribution in [-0.2, 0) is 0 Å². The number of imidazole rings is 1. The van der Waals surface area contributed by atoms with Crippen LogP contribution in [0.4, 0.5) is 5.69 Å². The summed E-state index contributed by atoms with van der Waals surface area (Å²) in [4.78, 5) is 32.0.